The molecule has 2 heterocycles. The van der Waals surface area contributed by atoms with E-state index in [-0.39, 0.29) is 0 Å². The number of ether oxygens (including phenoxy) is 1. The van der Waals surface area contributed by atoms with Gasteiger partial charge in [0.05, 0.1) is 25.3 Å². The van der Waals surface area contributed by atoms with Gasteiger partial charge in [0.25, 0.3) is 0 Å². The van der Waals surface area contributed by atoms with Crippen LogP contribution < -0.4 is 0 Å². The molecule has 0 unspecified atom stereocenters. The summed E-state index contributed by atoms with van der Waals surface area (Å²) in [4.78, 5) is 0. The molecule has 2 nitrogen and oxygen atoms in total. The van der Waals surface area contributed by atoms with Gasteiger partial charge < -0.3 is 9.22 Å². The molecule has 3 rings (SSSR count). The Labute approximate surface area is 93.2 Å². The predicted octanol–water partition coefficient (Wildman–Crippen LogP) is 2.33. The third-order valence-corrected chi connectivity index (χ3v) is 5.35. The first-order valence-corrected chi connectivity index (χ1v) is 6.81. The SMILES string of the molecule is C1CCC2(CC1)CCC[N+]21CCOCC1. The van der Waals surface area contributed by atoms with Gasteiger partial charge >= 0.3 is 0 Å². The molecule has 0 atom stereocenters. The maximum absolute atomic E-state index is 5.57. The molecule has 2 aliphatic heterocycles. The molecule has 2 heteroatoms. The number of hydrogen-bond acceptors (Lipinski definition) is 1. The van der Waals surface area contributed by atoms with E-state index in [0.717, 1.165) is 13.2 Å². The highest BCUT2D eigenvalue weighted by atomic mass is 16.5. The van der Waals surface area contributed by atoms with Crippen molar-refractivity contribution < 1.29 is 9.22 Å². The number of fused-ring (bicyclic) bond motifs is 1. The van der Waals surface area contributed by atoms with Crippen LogP contribution >= 0.6 is 0 Å². The minimum Gasteiger partial charge on any atom is -0.370 e. The quantitative estimate of drug-likeness (QED) is 0.558. The summed E-state index contributed by atoms with van der Waals surface area (Å²) in [5.74, 6) is 0. The third kappa shape index (κ3) is 1.45. The highest BCUT2D eigenvalue weighted by Crippen LogP contribution is 2.47. The number of hydrogen-bond donors (Lipinski definition) is 0. The average molecular weight is 210 g/mol. The molecule has 3 fully saturated rings. The van der Waals surface area contributed by atoms with Crippen molar-refractivity contribution in [3.63, 3.8) is 0 Å². The molecule has 86 valence electrons. The first-order valence-electron chi connectivity index (χ1n) is 6.81. The van der Waals surface area contributed by atoms with Crippen molar-refractivity contribution in [1.82, 2.24) is 0 Å². The van der Waals surface area contributed by atoms with E-state index < -0.39 is 0 Å². The molecule has 0 aromatic heterocycles. The zero-order valence-corrected chi connectivity index (χ0v) is 9.84. The summed E-state index contributed by atoms with van der Waals surface area (Å²) in [5.41, 5.74) is 0.696. The smallest absolute Gasteiger partial charge is 0.103 e. The van der Waals surface area contributed by atoms with Crippen LogP contribution in [0, 0.1) is 0 Å². The van der Waals surface area contributed by atoms with E-state index in [4.69, 9.17) is 4.74 Å². The molecule has 0 radical (unpaired) electrons. The van der Waals surface area contributed by atoms with Crippen LogP contribution in [-0.2, 0) is 4.74 Å². The summed E-state index contributed by atoms with van der Waals surface area (Å²) in [7, 11) is 0. The molecule has 0 N–H and O–H groups in total. The van der Waals surface area contributed by atoms with E-state index in [2.05, 4.69) is 0 Å². The topological polar surface area (TPSA) is 9.23 Å². The van der Waals surface area contributed by atoms with Crippen molar-refractivity contribution in [3.8, 4) is 0 Å². The van der Waals surface area contributed by atoms with Crippen LogP contribution in [0.2, 0.25) is 0 Å². The van der Waals surface area contributed by atoms with Crippen LogP contribution in [-0.4, -0.2) is 42.9 Å². The maximum Gasteiger partial charge on any atom is 0.103 e. The Morgan fingerprint density at radius 2 is 1.40 bits per heavy atom. The van der Waals surface area contributed by atoms with E-state index in [1.807, 2.05) is 0 Å². The van der Waals surface area contributed by atoms with Crippen molar-refractivity contribution >= 4 is 0 Å². The Hall–Kier alpha value is -0.0800. The fraction of sp³-hybridized carbons (Fsp3) is 1.00. The standard InChI is InChI=1S/C13H24NO/c1-2-5-13(6-3-1)7-4-8-14(13)9-11-15-12-10-14/h1-12H2/q+1. The van der Waals surface area contributed by atoms with Gasteiger partial charge in [-0.15, -0.1) is 0 Å². The lowest BCUT2D eigenvalue weighted by atomic mass is 9.78. The van der Waals surface area contributed by atoms with Crippen LogP contribution in [0.4, 0.5) is 0 Å². The first-order chi connectivity index (χ1) is 7.37. The van der Waals surface area contributed by atoms with Crippen molar-refractivity contribution in [2.75, 3.05) is 32.8 Å². The summed E-state index contributed by atoms with van der Waals surface area (Å²) in [6, 6.07) is 0. The van der Waals surface area contributed by atoms with E-state index in [1.54, 1.807) is 0 Å². The molecule has 1 aliphatic carbocycles. The van der Waals surface area contributed by atoms with Crippen LogP contribution in [0.1, 0.15) is 44.9 Å². The molecule has 0 bridgehead atoms. The minimum absolute atomic E-state index is 0.696. The van der Waals surface area contributed by atoms with Crippen molar-refractivity contribution in [1.29, 1.82) is 0 Å². The van der Waals surface area contributed by atoms with E-state index >= 15 is 0 Å². The highest BCUT2D eigenvalue weighted by molar-refractivity contribution is 4.90. The second-order valence-electron chi connectivity index (χ2n) is 5.82. The monoisotopic (exact) mass is 210 g/mol. The van der Waals surface area contributed by atoms with Crippen molar-refractivity contribution in [2.45, 2.75) is 50.5 Å². The van der Waals surface area contributed by atoms with Crippen LogP contribution in [0.5, 0.6) is 0 Å². The molecule has 1 saturated carbocycles. The molecule has 0 aromatic rings. The number of rotatable bonds is 0. The van der Waals surface area contributed by atoms with Gasteiger partial charge in [0.15, 0.2) is 0 Å². The summed E-state index contributed by atoms with van der Waals surface area (Å²) >= 11 is 0. The molecular weight excluding hydrogens is 186 g/mol. The summed E-state index contributed by atoms with van der Waals surface area (Å²) in [5, 5.41) is 0. The van der Waals surface area contributed by atoms with Crippen molar-refractivity contribution in [2.24, 2.45) is 0 Å². The first kappa shape index (κ1) is 10.1. The lowest BCUT2D eigenvalue weighted by molar-refractivity contribution is -0.971. The predicted molar refractivity (Wildman–Crippen MR) is 60.7 cm³/mol. The van der Waals surface area contributed by atoms with Gasteiger partial charge in [0.2, 0.25) is 0 Å². The molecule has 2 saturated heterocycles. The minimum atomic E-state index is 0.696. The fourth-order valence-corrected chi connectivity index (χ4v) is 4.51. The molecule has 15 heavy (non-hydrogen) atoms. The second-order valence-corrected chi connectivity index (χ2v) is 5.82. The summed E-state index contributed by atoms with van der Waals surface area (Å²) in [6.45, 7) is 6.09. The number of quaternary nitrogens is 1. The largest absolute Gasteiger partial charge is 0.370 e. The van der Waals surface area contributed by atoms with Gasteiger partial charge in [0.1, 0.15) is 13.1 Å². The Morgan fingerprint density at radius 3 is 2.13 bits per heavy atom. The van der Waals surface area contributed by atoms with Crippen LogP contribution in [0.25, 0.3) is 0 Å². The molecule has 0 amide bonds. The zero-order chi connectivity index (χ0) is 10.2. The fourth-order valence-electron chi connectivity index (χ4n) is 4.51. The summed E-state index contributed by atoms with van der Waals surface area (Å²) in [6.07, 6.45) is 10.5. The molecule has 3 aliphatic rings. The molecular formula is C13H24NO+. The third-order valence-electron chi connectivity index (χ3n) is 5.35. The number of morpholine rings is 1. The van der Waals surface area contributed by atoms with E-state index in [0.29, 0.717) is 5.54 Å². The van der Waals surface area contributed by atoms with Gasteiger partial charge in [-0.25, -0.2) is 0 Å². The van der Waals surface area contributed by atoms with Crippen molar-refractivity contribution in [3.05, 3.63) is 0 Å². The van der Waals surface area contributed by atoms with Gasteiger partial charge in [-0.3, -0.25) is 0 Å². The van der Waals surface area contributed by atoms with E-state index in [1.165, 1.54) is 69.1 Å². The maximum atomic E-state index is 5.57. The highest BCUT2D eigenvalue weighted by Gasteiger charge is 2.54. The Bertz CT molecular complexity index is 203. The lowest BCUT2D eigenvalue weighted by Crippen LogP contribution is -2.65. The van der Waals surface area contributed by atoms with E-state index in [9.17, 15) is 0 Å². The Balaban J connectivity index is 1.85. The van der Waals surface area contributed by atoms with Gasteiger partial charge in [0, 0.05) is 25.7 Å². The van der Waals surface area contributed by atoms with Crippen LogP contribution in [0.15, 0.2) is 0 Å². The normalized spacial score (nSPS) is 33.6. The average Bonchev–Trinajstić information content (AvgIpc) is 2.60. The van der Waals surface area contributed by atoms with Gasteiger partial charge in [-0.05, 0) is 12.8 Å². The van der Waals surface area contributed by atoms with Gasteiger partial charge in [-0.1, -0.05) is 6.42 Å². The molecule has 0 aromatic carbocycles. The second kappa shape index (κ2) is 3.74. The van der Waals surface area contributed by atoms with Gasteiger partial charge in [-0.2, -0.15) is 0 Å². The summed E-state index contributed by atoms with van der Waals surface area (Å²) < 4.78 is 7.01. The lowest BCUT2D eigenvalue weighted by Gasteiger charge is -2.52. The Kier molecular flexibility index (Phi) is 2.52. The zero-order valence-electron chi connectivity index (χ0n) is 9.84. The Morgan fingerprint density at radius 1 is 0.733 bits per heavy atom. The van der Waals surface area contributed by atoms with Crippen LogP contribution in [0.3, 0.4) is 0 Å². The number of nitrogens with zero attached hydrogens (tertiary/aromatic N) is 1. The molecule has 2 spiro atoms.